The van der Waals surface area contributed by atoms with Crippen LogP contribution < -0.4 is 9.62 Å². The zero-order valence-corrected chi connectivity index (χ0v) is 16.4. The summed E-state index contributed by atoms with van der Waals surface area (Å²) in [4.78, 5) is 2.69. The topological polar surface area (TPSA) is 49.4 Å². The van der Waals surface area contributed by atoms with Crippen molar-refractivity contribution < 1.29 is 8.42 Å². The average Bonchev–Trinajstić information content (AvgIpc) is 2.64. The van der Waals surface area contributed by atoms with Crippen LogP contribution in [0.1, 0.15) is 38.2 Å². The summed E-state index contributed by atoms with van der Waals surface area (Å²) in [5, 5.41) is 0. The quantitative estimate of drug-likeness (QED) is 0.830. The van der Waals surface area contributed by atoms with Crippen molar-refractivity contribution in [1.29, 1.82) is 0 Å². The Morgan fingerprint density at radius 1 is 1.04 bits per heavy atom. The maximum Gasteiger partial charge on any atom is 0.240 e. The van der Waals surface area contributed by atoms with Crippen LogP contribution in [0.3, 0.4) is 0 Å². The van der Waals surface area contributed by atoms with E-state index < -0.39 is 10.0 Å². The lowest BCUT2D eigenvalue weighted by atomic mass is 9.89. The largest absolute Gasteiger partial charge is 0.367 e. The van der Waals surface area contributed by atoms with E-state index in [2.05, 4.69) is 47.7 Å². The lowest BCUT2D eigenvalue weighted by Gasteiger charge is -2.41. The highest BCUT2D eigenvalue weighted by Gasteiger charge is 2.33. The highest BCUT2D eigenvalue weighted by molar-refractivity contribution is 7.89. The van der Waals surface area contributed by atoms with Gasteiger partial charge in [0.15, 0.2) is 0 Å². The number of likely N-dealkylation sites (N-methyl/N-ethyl adjacent to an activating group) is 1. The van der Waals surface area contributed by atoms with Crippen molar-refractivity contribution in [3.63, 3.8) is 0 Å². The molecule has 0 saturated heterocycles. The molecule has 4 nitrogen and oxygen atoms in total. The van der Waals surface area contributed by atoms with E-state index in [1.807, 2.05) is 6.07 Å². The predicted octanol–water partition coefficient (Wildman–Crippen LogP) is 4.11. The molecule has 1 aliphatic carbocycles. The van der Waals surface area contributed by atoms with Crippen LogP contribution in [0.15, 0.2) is 59.5 Å². The van der Waals surface area contributed by atoms with E-state index >= 15 is 0 Å². The van der Waals surface area contributed by atoms with Crippen molar-refractivity contribution in [2.24, 2.45) is 0 Å². The van der Waals surface area contributed by atoms with Gasteiger partial charge in [0, 0.05) is 24.3 Å². The molecule has 140 valence electrons. The molecule has 1 N–H and O–H groups in total. The first-order valence-electron chi connectivity index (χ1n) is 9.42. The van der Waals surface area contributed by atoms with Crippen molar-refractivity contribution in [1.82, 2.24) is 4.72 Å². The summed E-state index contributed by atoms with van der Waals surface area (Å²) in [6, 6.07) is 17.2. The molecule has 3 rings (SSSR count). The molecule has 1 saturated carbocycles. The number of nitrogens with one attached hydrogen (secondary N) is 1. The second-order valence-electron chi connectivity index (χ2n) is 7.02. The number of nitrogens with zero attached hydrogens (tertiary/aromatic N) is 1. The number of rotatable bonds is 6. The minimum absolute atomic E-state index is 0.0746. The molecule has 0 spiro atoms. The van der Waals surface area contributed by atoms with E-state index in [1.165, 1.54) is 11.3 Å². The van der Waals surface area contributed by atoms with Crippen molar-refractivity contribution in [2.75, 3.05) is 11.4 Å². The number of benzene rings is 2. The Labute approximate surface area is 157 Å². The number of sulfonamides is 1. The van der Waals surface area contributed by atoms with Crippen LogP contribution in [0, 0.1) is 6.92 Å². The van der Waals surface area contributed by atoms with Gasteiger partial charge >= 0.3 is 0 Å². The summed E-state index contributed by atoms with van der Waals surface area (Å²) in [6.07, 6.45) is 4.07. The van der Waals surface area contributed by atoms with Gasteiger partial charge < -0.3 is 4.90 Å². The third kappa shape index (κ3) is 4.27. The van der Waals surface area contributed by atoms with E-state index in [1.54, 1.807) is 24.3 Å². The molecule has 2 aromatic carbocycles. The van der Waals surface area contributed by atoms with Crippen molar-refractivity contribution >= 4 is 15.7 Å². The number of anilines is 1. The summed E-state index contributed by atoms with van der Waals surface area (Å²) < 4.78 is 28.6. The molecular weight excluding hydrogens is 344 g/mol. The highest BCUT2D eigenvalue weighted by Crippen LogP contribution is 2.29. The van der Waals surface area contributed by atoms with Gasteiger partial charge in [-0.1, -0.05) is 43.2 Å². The van der Waals surface area contributed by atoms with Gasteiger partial charge in [-0.25, -0.2) is 13.1 Å². The first-order chi connectivity index (χ1) is 12.5. The van der Waals surface area contributed by atoms with Gasteiger partial charge in [0.05, 0.1) is 4.90 Å². The number of hydrogen-bond acceptors (Lipinski definition) is 3. The Balaban J connectivity index is 1.85. The molecule has 0 radical (unpaired) electrons. The molecule has 1 fully saturated rings. The second-order valence-corrected chi connectivity index (χ2v) is 8.73. The molecule has 2 aromatic rings. The van der Waals surface area contributed by atoms with Gasteiger partial charge in [-0.3, -0.25) is 0 Å². The molecule has 26 heavy (non-hydrogen) atoms. The van der Waals surface area contributed by atoms with Gasteiger partial charge in [0.1, 0.15) is 0 Å². The van der Waals surface area contributed by atoms with E-state index in [0.717, 1.165) is 32.2 Å². The van der Waals surface area contributed by atoms with Crippen LogP contribution in [0.25, 0.3) is 0 Å². The lowest BCUT2D eigenvalue weighted by molar-refractivity contribution is 0.345. The van der Waals surface area contributed by atoms with Crippen molar-refractivity contribution in [3.05, 3.63) is 60.2 Å². The SMILES string of the molecule is CCN(c1cccc(C)c1)C1CCCCC1NS(=O)(=O)c1ccccc1. The van der Waals surface area contributed by atoms with Gasteiger partial charge in [-0.05, 0) is 56.5 Å². The molecule has 0 amide bonds. The van der Waals surface area contributed by atoms with Gasteiger partial charge in [0.25, 0.3) is 0 Å². The Morgan fingerprint density at radius 3 is 2.46 bits per heavy atom. The van der Waals surface area contributed by atoms with Crippen molar-refractivity contribution in [2.45, 2.75) is 56.5 Å². The second kappa shape index (κ2) is 8.23. The van der Waals surface area contributed by atoms with Gasteiger partial charge in [-0.2, -0.15) is 0 Å². The van der Waals surface area contributed by atoms with E-state index in [4.69, 9.17) is 0 Å². The fourth-order valence-electron chi connectivity index (χ4n) is 3.90. The maximum absolute atomic E-state index is 12.8. The molecule has 1 aliphatic rings. The van der Waals surface area contributed by atoms with Gasteiger partial charge in [0.2, 0.25) is 10.0 Å². The molecule has 2 atom stereocenters. The molecule has 2 unspecified atom stereocenters. The van der Waals surface area contributed by atoms with E-state index in [0.29, 0.717) is 4.90 Å². The molecular formula is C21H28N2O2S. The van der Waals surface area contributed by atoms with Crippen LogP contribution in [0.4, 0.5) is 5.69 Å². The zero-order valence-electron chi connectivity index (χ0n) is 15.6. The molecule has 0 heterocycles. The molecule has 0 aliphatic heterocycles. The minimum atomic E-state index is -3.50. The number of aryl methyl sites for hydroxylation is 1. The summed E-state index contributed by atoms with van der Waals surface area (Å²) in [5.41, 5.74) is 2.39. The molecule has 5 heteroatoms. The van der Waals surface area contributed by atoms with Crippen LogP contribution in [0.5, 0.6) is 0 Å². The maximum atomic E-state index is 12.8. The predicted molar refractivity (Wildman–Crippen MR) is 107 cm³/mol. The Hall–Kier alpha value is -1.85. The fraction of sp³-hybridized carbons (Fsp3) is 0.429. The Bertz CT molecular complexity index is 821. The lowest BCUT2D eigenvalue weighted by Crippen LogP contribution is -2.53. The van der Waals surface area contributed by atoms with Crippen LogP contribution in [-0.2, 0) is 10.0 Å². The monoisotopic (exact) mass is 372 g/mol. The smallest absolute Gasteiger partial charge is 0.240 e. The fourth-order valence-corrected chi connectivity index (χ4v) is 5.23. The first kappa shape index (κ1) is 18.9. The van der Waals surface area contributed by atoms with Crippen LogP contribution in [-0.4, -0.2) is 27.0 Å². The summed E-state index contributed by atoms with van der Waals surface area (Å²) in [7, 11) is -3.50. The standard InChI is InChI=1S/C21H28N2O2S/c1-3-23(18-11-9-10-17(2)16-18)21-15-8-7-14-20(21)22-26(24,25)19-12-5-4-6-13-19/h4-6,9-13,16,20-22H,3,7-8,14-15H2,1-2H3. The van der Waals surface area contributed by atoms with Crippen LogP contribution in [0.2, 0.25) is 0 Å². The first-order valence-corrected chi connectivity index (χ1v) is 10.9. The van der Waals surface area contributed by atoms with Crippen LogP contribution >= 0.6 is 0 Å². The van der Waals surface area contributed by atoms with Gasteiger partial charge in [-0.15, -0.1) is 0 Å². The number of hydrogen-bond donors (Lipinski definition) is 1. The average molecular weight is 373 g/mol. The summed E-state index contributed by atoms with van der Waals surface area (Å²) in [5.74, 6) is 0. The normalized spacial score (nSPS) is 20.7. The van der Waals surface area contributed by atoms with Crippen molar-refractivity contribution in [3.8, 4) is 0 Å². The molecule has 0 bridgehead atoms. The zero-order chi connectivity index (χ0) is 18.6. The summed E-state index contributed by atoms with van der Waals surface area (Å²) in [6.45, 7) is 5.09. The highest BCUT2D eigenvalue weighted by atomic mass is 32.2. The summed E-state index contributed by atoms with van der Waals surface area (Å²) >= 11 is 0. The minimum Gasteiger partial charge on any atom is -0.367 e. The third-order valence-electron chi connectivity index (χ3n) is 5.16. The molecule has 0 aromatic heterocycles. The van der Waals surface area contributed by atoms with E-state index in [-0.39, 0.29) is 12.1 Å². The third-order valence-corrected chi connectivity index (χ3v) is 6.67. The Morgan fingerprint density at radius 2 is 1.77 bits per heavy atom. The van der Waals surface area contributed by atoms with E-state index in [9.17, 15) is 8.42 Å². The Kier molecular flexibility index (Phi) is 5.99.